The van der Waals surface area contributed by atoms with E-state index in [2.05, 4.69) is 51.8 Å². The zero-order valence-electron chi connectivity index (χ0n) is 15.9. The van der Waals surface area contributed by atoms with Crippen LogP contribution in [-0.2, 0) is 11.8 Å². The highest BCUT2D eigenvalue weighted by Gasteiger charge is 2.22. The maximum atomic E-state index is 12.6. The normalized spacial score (nSPS) is 12.7. The fourth-order valence-electron chi connectivity index (χ4n) is 2.72. The van der Waals surface area contributed by atoms with Gasteiger partial charge >= 0.3 is 0 Å². The molecule has 0 saturated carbocycles. The van der Waals surface area contributed by atoms with E-state index >= 15 is 0 Å². The van der Waals surface area contributed by atoms with Crippen LogP contribution in [0.2, 0.25) is 0 Å². The fraction of sp³-hybridized carbons (Fsp3) is 0.444. The van der Waals surface area contributed by atoms with Crippen LogP contribution in [0.5, 0.6) is 0 Å². The lowest BCUT2D eigenvalue weighted by atomic mass is 10.0. The molecule has 6 nitrogen and oxygen atoms in total. The van der Waals surface area contributed by atoms with Crippen molar-refractivity contribution in [1.29, 1.82) is 0 Å². The smallest absolute Gasteiger partial charge is 0.241 e. The van der Waals surface area contributed by atoms with Crippen molar-refractivity contribution >= 4 is 30.7 Å². The predicted octanol–water partition coefficient (Wildman–Crippen LogP) is 2.25. The van der Waals surface area contributed by atoms with Crippen LogP contribution in [-0.4, -0.2) is 48.3 Å². The third kappa shape index (κ3) is 6.29. The standard InChI is InChI=1S/C18H27N5O.2ClH/c1-13-6-8-14(9-7-13)16(22(3)4)11-20-18(24)17(19-2)15-10-21-23(5)12-15;;/h6-10,12,16-17,19H,11H2,1-5H3,(H,20,24);2*1H. The summed E-state index contributed by atoms with van der Waals surface area (Å²) < 4.78 is 1.70. The van der Waals surface area contributed by atoms with Gasteiger partial charge in [-0.1, -0.05) is 29.8 Å². The Kier molecular flexibility index (Phi) is 10.5. The summed E-state index contributed by atoms with van der Waals surface area (Å²) in [6.45, 7) is 2.62. The minimum Gasteiger partial charge on any atom is -0.353 e. The van der Waals surface area contributed by atoms with Crippen LogP contribution < -0.4 is 10.6 Å². The fourth-order valence-corrected chi connectivity index (χ4v) is 2.72. The van der Waals surface area contributed by atoms with Gasteiger partial charge in [0.15, 0.2) is 0 Å². The quantitative estimate of drug-likeness (QED) is 0.746. The second kappa shape index (κ2) is 11.2. The number of nitrogens with zero attached hydrogens (tertiary/aromatic N) is 3. The number of carbonyl (C=O) groups excluding carboxylic acids is 1. The maximum absolute atomic E-state index is 12.6. The highest BCUT2D eigenvalue weighted by molar-refractivity contribution is 5.85. The number of amides is 1. The molecule has 26 heavy (non-hydrogen) atoms. The summed E-state index contributed by atoms with van der Waals surface area (Å²) in [5.41, 5.74) is 3.27. The molecular formula is C18H29Cl2N5O. The third-order valence-electron chi connectivity index (χ3n) is 4.16. The largest absolute Gasteiger partial charge is 0.353 e. The maximum Gasteiger partial charge on any atom is 0.241 e. The lowest BCUT2D eigenvalue weighted by molar-refractivity contribution is -0.123. The number of halogens is 2. The molecule has 1 aromatic heterocycles. The van der Waals surface area contributed by atoms with Crippen molar-refractivity contribution in [2.75, 3.05) is 27.7 Å². The van der Waals surface area contributed by atoms with Crippen LogP contribution >= 0.6 is 24.8 Å². The van der Waals surface area contributed by atoms with E-state index in [0.29, 0.717) is 6.54 Å². The molecule has 0 radical (unpaired) electrons. The first-order chi connectivity index (χ1) is 11.4. The Labute approximate surface area is 168 Å². The molecule has 2 rings (SSSR count). The molecule has 0 aliphatic heterocycles. The van der Waals surface area contributed by atoms with Crippen LogP contribution in [0.3, 0.4) is 0 Å². The van der Waals surface area contributed by atoms with E-state index in [9.17, 15) is 4.79 Å². The van der Waals surface area contributed by atoms with Crippen molar-refractivity contribution in [2.24, 2.45) is 7.05 Å². The number of nitrogens with one attached hydrogen (secondary N) is 2. The lowest BCUT2D eigenvalue weighted by Gasteiger charge is -2.26. The average molecular weight is 402 g/mol. The molecule has 0 bridgehead atoms. The van der Waals surface area contributed by atoms with Gasteiger partial charge < -0.3 is 15.5 Å². The predicted molar refractivity (Wildman–Crippen MR) is 110 cm³/mol. The number of carbonyl (C=O) groups is 1. The van der Waals surface area contributed by atoms with Crippen molar-refractivity contribution in [3.05, 3.63) is 53.3 Å². The van der Waals surface area contributed by atoms with E-state index in [-0.39, 0.29) is 36.8 Å². The van der Waals surface area contributed by atoms with Crippen LogP contribution in [0, 0.1) is 6.92 Å². The van der Waals surface area contributed by atoms with Gasteiger partial charge in [-0.2, -0.15) is 5.10 Å². The van der Waals surface area contributed by atoms with Crippen molar-refractivity contribution in [1.82, 2.24) is 25.3 Å². The number of aromatic nitrogens is 2. The molecule has 0 spiro atoms. The zero-order chi connectivity index (χ0) is 17.7. The summed E-state index contributed by atoms with van der Waals surface area (Å²) in [4.78, 5) is 14.7. The Bertz CT molecular complexity index is 672. The van der Waals surface area contributed by atoms with Crippen LogP contribution in [0.4, 0.5) is 0 Å². The highest BCUT2D eigenvalue weighted by Crippen LogP contribution is 2.18. The third-order valence-corrected chi connectivity index (χ3v) is 4.16. The average Bonchev–Trinajstić information content (AvgIpc) is 2.96. The number of hydrogen-bond acceptors (Lipinski definition) is 4. The van der Waals surface area contributed by atoms with Gasteiger partial charge in [-0.3, -0.25) is 9.48 Å². The molecule has 1 aromatic carbocycles. The van der Waals surface area contributed by atoms with Crippen molar-refractivity contribution < 1.29 is 4.79 Å². The summed E-state index contributed by atoms with van der Waals surface area (Å²) in [6, 6.07) is 8.14. The minimum absolute atomic E-state index is 0. The summed E-state index contributed by atoms with van der Waals surface area (Å²) in [6.07, 6.45) is 3.56. The van der Waals surface area contributed by atoms with Crippen molar-refractivity contribution in [3.8, 4) is 0 Å². The second-order valence-corrected chi connectivity index (χ2v) is 6.30. The topological polar surface area (TPSA) is 62.2 Å². The number of rotatable bonds is 7. The first-order valence-corrected chi connectivity index (χ1v) is 8.09. The summed E-state index contributed by atoms with van der Waals surface area (Å²) in [5.74, 6) is -0.0514. The van der Waals surface area contributed by atoms with Gasteiger partial charge in [0.2, 0.25) is 5.91 Å². The number of hydrogen-bond donors (Lipinski definition) is 2. The van der Waals surface area contributed by atoms with E-state index < -0.39 is 6.04 Å². The van der Waals surface area contributed by atoms with Gasteiger partial charge in [0, 0.05) is 25.4 Å². The van der Waals surface area contributed by atoms with Crippen LogP contribution in [0.15, 0.2) is 36.7 Å². The number of likely N-dealkylation sites (N-methyl/N-ethyl adjacent to an activating group) is 2. The Balaban J connectivity index is 0.00000312. The van der Waals surface area contributed by atoms with Gasteiger partial charge in [-0.05, 0) is 33.6 Å². The van der Waals surface area contributed by atoms with Gasteiger partial charge in [-0.15, -0.1) is 24.8 Å². The molecule has 2 aromatic rings. The molecule has 2 atom stereocenters. The monoisotopic (exact) mass is 401 g/mol. The Morgan fingerprint density at radius 3 is 2.27 bits per heavy atom. The van der Waals surface area contributed by atoms with Crippen molar-refractivity contribution in [2.45, 2.75) is 19.0 Å². The molecule has 146 valence electrons. The molecule has 0 fully saturated rings. The summed E-state index contributed by atoms with van der Waals surface area (Å²) >= 11 is 0. The molecule has 0 saturated heterocycles. The molecular weight excluding hydrogens is 373 g/mol. The summed E-state index contributed by atoms with van der Waals surface area (Å²) in [7, 11) is 7.66. The van der Waals surface area contributed by atoms with Gasteiger partial charge in [-0.25, -0.2) is 0 Å². The molecule has 2 unspecified atom stereocenters. The number of benzene rings is 1. The molecule has 2 N–H and O–H groups in total. The highest BCUT2D eigenvalue weighted by atomic mass is 35.5. The Hall–Kier alpha value is -1.60. The lowest BCUT2D eigenvalue weighted by Crippen LogP contribution is -2.40. The zero-order valence-corrected chi connectivity index (χ0v) is 17.5. The first kappa shape index (κ1) is 24.4. The molecule has 1 amide bonds. The van der Waals surface area contributed by atoms with E-state index in [1.807, 2.05) is 27.3 Å². The van der Waals surface area contributed by atoms with Gasteiger partial charge in [0.1, 0.15) is 6.04 Å². The molecule has 0 aliphatic rings. The number of aryl methyl sites for hydroxylation is 2. The van der Waals surface area contributed by atoms with Crippen molar-refractivity contribution in [3.63, 3.8) is 0 Å². The Morgan fingerprint density at radius 1 is 1.19 bits per heavy atom. The molecule has 8 heteroatoms. The van der Waals surface area contributed by atoms with E-state index in [1.165, 1.54) is 11.1 Å². The van der Waals surface area contributed by atoms with E-state index in [4.69, 9.17) is 0 Å². The van der Waals surface area contributed by atoms with Crippen LogP contribution in [0.25, 0.3) is 0 Å². The first-order valence-electron chi connectivity index (χ1n) is 8.09. The molecule has 1 heterocycles. The minimum atomic E-state index is -0.403. The van der Waals surface area contributed by atoms with Crippen LogP contribution in [0.1, 0.15) is 28.8 Å². The molecule has 0 aliphatic carbocycles. The second-order valence-electron chi connectivity index (χ2n) is 6.30. The van der Waals surface area contributed by atoms with Gasteiger partial charge in [0.25, 0.3) is 0 Å². The SMILES string of the molecule is CNC(C(=O)NCC(c1ccc(C)cc1)N(C)C)c1cnn(C)c1.Cl.Cl. The van der Waals surface area contributed by atoms with Gasteiger partial charge in [0.05, 0.1) is 12.2 Å². The van der Waals surface area contributed by atoms with E-state index in [0.717, 1.165) is 5.56 Å². The Morgan fingerprint density at radius 2 is 1.81 bits per heavy atom. The van der Waals surface area contributed by atoms with E-state index in [1.54, 1.807) is 17.9 Å². The summed E-state index contributed by atoms with van der Waals surface area (Å²) in [5, 5.41) is 10.2.